The summed E-state index contributed by atoms with van der Waals surface area (Å²) in [6.45, 7) is 2.04. The number of nitrogens with one attached hydrogen (secondary N) is 1. The van der Waals surface area contributed by atoms with E-state index in [1.807, 2.05) is 0 Å². The summed E-state index contributed by atoms with van der Waals surface area (Å²) >= 11 is 0. The fourth-order valence-electron chi connectivity index (χ4n) is 4.58. The number of aromatic nitrogens is 1. The smallest absolute Gasteiger partial charge is 0.489 e. The molecule has 1 amide bonds. The second kappa shape index (κ2) is 10.9. The second-order valence-electron chi connectivity index (χ2n) is 9.11. The van der Waals surface area contributed by atoms with Gasteiger partial charge in [-0.05, 0) is 67.9 Å². The molecule has 1 fully saturated rings. The van der Waals surface area contributed by atoms with Gasteiger partial charge in [0, 0.05) is 24.7 Å². The normalized spacial score (nSPS) is 17.7. The van der Waals surface area contributed by atoms with Crippen LogP contribution < -0.4 is 19.5 Å². The Morgan fingerprint density at radius 2 is 1.87 bits per heavy atom. The average molecular weight is 532 g/mol. The van der Waals surface area contributed by atoms with Crippen LogP contribution in [-0.2, 0) is 4.79 Å². The van der Waals surface area contributed by atoms with Gasteiger partial charge in [-0.15, -0.1) is 8.78 Å². The molecule has 11 heteroatoms. The molecular formula is C27H25F4N3O4. The Balaban J connectivity index is 1.18. The number of hydrogen-bond donors (Lipinski definition) is 1. The molecule has 3 heterocycles. The summed E-state index contributed by atoms with van der Waals surface area (Å²) in [6, 6.07) is 12.2. The summed E-state index contributed by atoms with van der Waals surface area (Å²) in [5.74, 6) is -2.05. The van der Waals surface area contributed by atoms with Crippen molar-refractivity contribution in [3.63, 3.8) is 0 Å². The van der Waals surface area contributed by atoms with E-state index in [0.717, 1.165) is 12.1 Å². The minimum atomic E-state index is -3.74. The van der Waals surface area contributed by atoms with Crippen molar-refractivity contribution < 1.29 is 36.6 Å². The highest BCUT2D eigenvalue weighted by Crippen LogP contribution is 2.42. The van der Waals surface area contributed by atoms with Gasteiger partial charge in [0.25, 0.3) is 0 Å². The minimum absolute atomic E-state index is 0.00605. The largest absolute Gasteiger partial charge is 0.586 e. The summed E-state index contributed by atoms with van der Waals surface area (Å²) < 4.78 is 68.3. The SMILES string of the molecule is O=C(NC(c1ccc2c(c1)OC(F)(F)O2)c1ccccn1)C1CCN(CCOc2ccc(F)cc2F)CC1. The maximum atomic E-state index is 13.7. The number of fused-ring (bicyclic) bond motifs is 1. The van der Waals surface area contributed by atoms with Gasteiger partial charge in [0.15, 0.2) is 23.1 Å². The summed E-state index contributed by atoms with van der Waals surface area (Å²) in [5, 5.41) is 3.02. The van der Waals surface area contributed by atoms with E-state index in [0.29, 0.717) is 43.7 Å². The molecule has 0 radical (unpaired) electrons. The molecule has 0 saturated carbocycles. The number of rotatable bonds is 8. The Kier molecular flexibility index (Phi) is 7.37. The molecule has 1 N–H and O–H groups in total. The molecule has 7 nitrogen and oxygen atoms in total. The van der Waals surface area contributed by atoms with E-state index in [9.17, 15) is 22.4 Å². The number of likely N-dealkylation sites (tertiary alicyclic amines) is 1. The number of ether oxygens (including phenoxy) is 3. The number of carbonyl (C=O) groups excluding carboxylic acids is 1. The molecule has 2 aliphatic heterocycles. The number of benzene rings is 2. The van der Waals surface area contributed by atoms with Gasteiger partial charge in [-0.25, -0.2) is 8.78 Å². The van der Waals surface area contributed by atoms with E-state index < -0.39 is 24.0 Å². The van der Waals surface area contributed by atoms with Crippen LogP contribution in [0, 0.1) is 17.6 Å². The van der Waals surface area contributed by atoms with Crippen molar-refractivity contribution in [3.05, 3.63) is 83.7 Å². The minimum Gasteiger partial charge on any atom is -0.489 e. The summed E-state index contributed by atoms with van der Waals surface area (Å²) in [6.07, 6.45) is -0.955. The molecule has 2 aliphatic rings. The molecule has 5 rings (SSSR count). The molecule has 3 aromatic rings. The zero-order chi connectivity index (χ0) is 26.7. The van der Waals surface area contributed by atoms with Crippen molar-refractivity contribution >= 4 is 5.91 Å². The Morgan fingerprint density at radius 3 is 2.61 bits per heavy atom. The lowest BCUT2D eigenvalue weighted by Gasteiger charge is -2.32. The first-order valence-electron chi connectivity index (χ1n) is 12.2. The van der Waals surface area contributed by atoms with E-state index in [1.54, 1.807) is 30.5 Å². The number of alkyl halides is 2. The average Bonchev–Trinajstić information content (AvgIpc) is 3.22. The molecule has 1 aromatic heterocycles. The lowest BCUT2D eigenvalue weighted by Crippen LogP contribution is -2.43. The lowest BCUT2D eigenvalue weighted by molar-refractivity contribution is -0.286. The Bertz CT molecular complexity index is 1290. The van der Waals surface area contributed by atoms with Gasteiger partial charge in [-0.3, -0.25) is 14.7 Å². The molecule has 0 spiro atoms. The Labute approximate surface area is 216 Å². The van der Waals surface area contributed by atoms with Crippen LogP contribution in [0.4, 0.5) is 17.6 Å². The van der Waals surface area contributed by atoms with Gasteiger partial charge in [0.1, 0.15) is 12.4 Å². The Morgan fingerprint density at radius 1 is 1.08 bits per heavy atom. The molecule has 1 atom stereocenters. The highest BCUT2D eigenvalue weighted by molar-refractivity contribution is 5.79. The Hall–Kier alpha value is -3.86. The molecule has 1 saturated heterocycles. The predicted molar refractivity (Wildman–Crippen MR) is 128 cm³/mol. The molecular weight excluding hydrogens is 506 g/mol. The standard InChI is InChI=1S/C27H25F4N3O4/c28-19-5-7-22(20(29)16-19)36-14-13-34-11-8-17(9-12-34)26(35)33-25(21-3-1-2-10-32-21)18-4-6-23-24(15-18)38-27(30,31)37-23/h1-7,10,15-17,25H,8-9,11-14H2,(H,33,35). The first-order valence-corrected chi connectivity index (χ1v) is 12.2. The maximum absolute atomic E-state index is 13.7. The van der Waals surface area contributed by atoms with Crippen LogP contribution in [0.5, 0.6) is 17.2 Å². The van der Waals surface area contributed by atoms with E-state index in [2.05, 4.69) is 24.7 Å². The van der Waals surface area contributed by atoms with Crippen LogP contribution in [0.3, 0.4) is 0 Å². The number of piperidine rings is 1. The van der Waals surface area contributed by atoms with Gasteiger partial charge < -0.3 is 19.5 Å². The quantitative estimate of drug-likeness (QED) is 0.426. The van der Waals surface area contributed by atoms with Crippen molar-refractivity contribution in [1.82, 2.24) is 15.2 Å². The summed E-state index contributed by atoms with van der Waals surface area (Å²) in [7, 11) is 0. The van der Waals surface area contributed by atoms with E-state index in [1.165, 1.54) is 18.2 Å². The van der Waals surface area contributed by atoms with Crippen LogP contribution >= 0.6 is 0 Å². The third-order valence-electron chi connectivity index (χ3n) is 6.55. The zero-order valence-electron chi connectivity index (χ0n) is 20.2. The summed E-state index contributed by atoms with van der Waals surface area (Å²) in [4.78, 5) is 19.7. The monoisotopic (exact) mass is 531 g/mol. The van der Waals surface area contributed by atoms with Crippen LogP contribution in [0.25, 0.3) is 0 Å². The maximum Gasteiger partial charge on any atom is 0.586 e. The first kappa shape index (κ1) is 25.8. The van der Waals surface area contributed by atoms with Crippen LogP contribution in [0.1, 0.15) is 30.1 Å². The number of pyridine rings is 1. The fraction of sp³-hybridized carbons (Fsp3) is 0.333. The van der Waals surface area contributed by atoms with Gasteiger partial charge in [0.05, 0.1) is 11.7 Å². The predicted octanol–water partition coefficient (Wildman–Crippen LogP) is 4.68. The number of hydrogen-bond acceptors (Lipinski definition) is 6. The van der Waals surface area contributed by atoms with Crippen molar-refractivity contribution in [2.75, 3.05) is 26.2 Å². The van der Waals surface area contributed by atoms with Crippen molar-refractivity contribution in [3.8, 4) is 17.2 Å². The first-order chi connectivity index (χ1) is 18.3. The number of amides is 1. The van der Waals surface area contributed by atoms with E-state index in [-0.39, 0.29) is 35.7 Å². The third kappa shape index (κ3) is 5.99. The fourth-order valence-corrected chi connectivity index (χ4v) is 4.58. The number of halogens is 4. The van der Waals surface area contributed by atoms with Crippen molar-refractivity contribution in [1.29, 1.82) is 0 Å². The van der Waals surface area contributed by atoms with Gasteiger partial charge in [0.2, 0.25) is 5.91 Å². The van der Waals surface area contributed by atoms with Crippen LogP contribution in [0.2, 0.25) is 0 Å². The molecule has 200 valence electrons. The van der Waals surface area contributed by atoms with Crippen molar-refractivity contribution in [2.45, 2.75) is 25.2 Å². The molecule has 0 aliphatic carbocycles. The number of carbonyl (C=O) groups is 1. The van der Waals surface area contributed by atoms with E-state index in [4.69, 9.17) is 4.74 Å². The summed E-state index contributed by atoms with van der Waals surface area (Å²) in [5.41, 5.74) is 1.08. The van der Waals surface area contributed by atoms with Crippen molar-refractivity contribution in [2.24, 2.45) is 5.92 Å². The highest BCUT2D eigenvalue weighted by atomic mass is 19.3. The zero-order valence-corrected chi connectivity index (χ0v) is 20.2. The van der Waals surface area contributed by atoms with Gasteiger partial charge in [-0.1, -0.05) is 12.1 Å². The van der Waals surface area contributed by atoms with E-state index >= 15 is 0 Å². The molecule has 0 bridgehead atoms. The molecule has 2 aromatic carbocycles. The third-order valence-corrected chi connectivity index (χ3v) is 6.55. The second-order valence-corrected chi connectivity index (χ2v) is 9.11. The number of nitrogens with zero attached hydrogens (tertiary/aromatic N) is 2. The molecule has 38 heavy (non-hydrogen) atoms. The highest BCUT2D eigenvalue weighted by Gasteiger charge is 2.43. The van der Waals surface area contributed by atoms with Crippen LogP contribution in [-0.4, -0.2) is 48.3 Å². The lowest BCUT2D eigenvalue weighted by atomic mass is 9.94. The van der Waals surface area contributed by atoms with Gasteiger partial charge >= 0.3 is 6.29 Å². The molecule has 1 unspecified atom stereocenters. The van der Waals surface area contributed by atoms with Crippen LogP contribution in [0.15, 0.2) is 60.8 Å². The van der Waals surface area contributed by atoms with Gasteiger partial charge in [-0.2, -0.15) is 0 Å². The topological polar surface area (TPSA) is 72.9 Å².